The normalized spacial score (nSPS) is 16.9. The summed E-state index contributed by atoms with van der Waals surface area (Å²) in [7, 11) is 1.32. The van der Waals surface area contributed by atoms with Crippen LogP contribution in [0.25, 0.3) is 12.8 Å². The van der Waals surface area contributed by atoms with Crippen LogP contribution in [0, 0.1) is 0 Å². The molecule has 1 aromatic carbocycles. The van der Waals surface area contributed by atoms with Crippen molar-refractivity contribution < 1.29 is 13.5 Å². The van der Waals surface area contributed by atoms with Crippen LogP contribution >= 0.6 is 11.6 Å². The predicted molar refractivity (Wildman–Crippen MR) is 77.5 cm³/mol. The molecule has 0 amide bonds. The lowest BCUT2D eigenvalue weighted by molar-refractivity contribution is 0.0341. The summed E-state index contributed by atoms with van der Waals surface area (Å²) in [6.45, 7) is 4.22. The molecule has 0 aromatic heterocycles. The Balaban J connectivity index is 2.44. The van der Waals surface area contributed by atoms with Gasteiger partial charge in [0.1, 0.15) is 0 Å². The van der Waals surface area contributed by atoms with Gasteiger partial charge in [-0.25, -0.2) is 0 Å². The quantitative estimate of drug-likeness (QED) is 0.787. The average molecular weight is 303 g/mol. The first-order valence-corrected chi connectivity index (χ1v) is 6.70. The van der Waals surface area contributed by atoms with E-state index in [0.717, 1.165) is 23.7 Å². The van der Waals surface area contributed by atoms with Gasteiger partial charge in [0.15, 0.2) is 0 Å². The number of hydrogen-bond donors (Lipinski definition) is 0. The summed E-state index contributed by atoms with van der Waals surface area (Å²) in [4.78, 5) is 2.95. The van der Waals surface area contributed by atoms with Crippen molar-refractivity contribution >= 4 is 30.1 Å². The first-order chi connectivity index (χ1) is 9.49. The molecule has 1 saturated heterocycles. The van der Waals surface area contributed by atoms with Gasteiger partial charge in [-0.05, 0) is 17.4 Å². The van der Waals surface area contributed by atoms with Crippen molar-refractivity contribution in [2.45, 2.75) is 6.55 Å². The Kier molecular flexibility index (Phi) is 4.83. The van der Waals surface area contributed by atoms with Crippen LogP contribution in [-0.2, 0) is 4.74 Å². The maximum Gasteiger partial charge on any atom is 0.314 e. The second kappa shape index (κ2) is 6.41. The topological polar surface area (TPSA) is 15.7 Å². The third kappa shape index (κ3) is 3.41. The maximum atomic E-state index is 12.6. The number of halogens is 3. The fourth-order valence-corrected chi connectivity index (χ4v) is 2.34. The Labute approximate surface area is 121 Å². The number of rotatable bonds is 3. The van der Waals surface area contributed by atoms with Crippen molar-refractivity contribution in [1.82, 2.24) is 4.90 Å². The van der Waals surface area contributed by atoms with Gasteiger partial charge in [0.05, 0.1) is 13.2 Å². The molecule has 0 unspecified atom stereocenters. The van der Waals surface area contributed by atoms with Gasteiger partial charge >= 0.3 is 6.55 Å². The van der Waals surface area contributed by atoms with E-state index in [-0.39, 0.29) is 0 Å². The van der Waals surface area contributed by atoms with Crippen LogP contribution in [0.15, 0.2) is 12.1 Å². The van der Waals surface area contributed by atoms with E-state index in [9.17, 15) is 8.78 Å². The van der Waals surface area contributed by atoms with Gasteiger partial charge in [-0.1, -0.05) is 18.2 Å². The second-order valence-electron chi connectivity index (χ2n) is 4.66. The van der Waals surface area contributed by atoms with Gasteiger partial charge in [0.25, 0.3) is 0 Å². The van der Waals surface area contributed by atoms with Crippen LogP contribution in [0.3, 0.4) is 0 Å². The smallest absolute Gasteiger partial charge is 0.314 e. The van der Waals surface area contributed by atoms with Crippen LogP contribution in [0.2, 0.25) is 5.02 Å². The minimum Gasteiger partial charge on any atom is -0.378 e. The monoisotopic (exact) mass is 302 g/mol. The number of anilines is 1. The van der Waals surface area contributed by atoms with Gasteiger partial charge in [-0.2, -0.15) is 8.78 Å². The summed E-state index contributed by atoms with van der Waals surface area (Å²) in [5.74, 6) is 0. The lowest BCUT2D eigenvalue weighted by Gasteiger charge is -2.29. The molecule has 110 valence electrons. The zero-order chi connectivity index (χ0) is 14.7. The zero-order valence-corrected chi connectivity index (χ0v) is 12.0. The highest BCUT2D eigenvalue weighted by Crippen LogP contribution is 2.14. The third-order valence-corrected chi connectivity index (χ3v) is 3.45. The highest BCUT2D eigenvalue weighted by atomic mass is 35.5. The van der Waals surface area contributed by atoms with Gasteiger partial charge in [-0.15, -0.1) is 0 Å². The summed E-state index contributed by atoms with van der Waals surface area (Å²) in [6.07, 6.45) is 1.36. The third-order valence-electron chi connectivity index (χ3n) is 3.23. The van der Waals surface area contributed by atoms with E-state index < -0.39 is 6.55 Å². The Bertz CT molecular complexity index is 573. The largest absolute Gasteiger partial charge is 0.378 e. The number of alkyl halides is 2. The Hall–Kier alpha value is -1.33. The van der Waals surface area contributed by atoms with Gasteiger partial charge in [0, 0.05) is 42.3 Å². The van der Waals surface area contributed by atoms with E-state index in [1.807, 2.05) is 6.07 Å². The summed E-state index contributed by atoms with van der Waals surface area (Å²) < 4.78 is 30.5. The van der Waals surface area contributed by atoms with Crippen LogP contribution in [0.4, 0.5) is 14.5 Å². The minimum atomic E-state index is -2.56. The molecule has 3 nitrogen and oxygen atoms in total. The molecule has 0 N–H and O–H groups in total. The van der Waals surface area contributed by atoms with Crippen molar-refractivity contribution in [3.63, 3.8) is 0 Å². The van der Waals surface area contributed by atoms with E-state index >= 15 is 0 Å². The average Bonchev–Trinajstić information content (AvgIpc) is 2.43. The first-order valence-electron chi connectivity index (χ1n) is 6.32. The van der Waals surface area contributed by atoms with Crippen LogP contribution < -0.4 is 15.3 Å². The number of morpholine rings is 1. The summed E-state index contributed by atoms with van der Waals surface area (Å²) in [6, 6.07) is 3.46. The second-order valence-corrected chi connectivity index (χ2v) is 5.10. The van der Waals surface area contributed by atoms with Crippen LogP contribution in [0.1, 0.15) is 0 Å². The molecule has 0 saturated carbocycles. The molecular weight excluding hydrogens is 286 g/mol. The Morgan fingerprint density at radius 3 is 2.65 bits per heavy atom. The molecule has 0 bridgehead atoms. The molecule has 0 aliphatic carbocycles. The van der Waals surface area contributed by atoms with E-state index in [1.54, 1.807) is 6.07 Å². The standard InChI is InChI=1S/C14H17ClF2N2O/c1-10-11(9-18(2)14(16)17)7-12(15)8-13(10)19-3-5-20-6-4-19/h7-9,14H,1,3-6H2,2H3/b11-9-. The van der Waals surface area contributed by atoms with Crippen molar-refractivity contribution in [3.8, 4) is 0 Å². The Morgan fingerprint density at radius 2 is 2.05 bits per heavy atom. The maximum absolute atomic E-state index is 12.6. The lowest BCUT2D eigenvalue weighted by Crippen LogP contribution is -2.42. The number of benzene rings is 1. The lowest BCUT2D eigenvalue weighted by atomic mass is 10.2. The Morgan fingerprint density at radius 1 is 1.40 bits per heavy atom. The molecule has 0 radical (unpaired) electrons. The fraction of sp³-hybridized carbons (Fsp3) is 0.429. The molecule has 0 atom stereocenters. The minimum absolute atomic E-state index is 0.507. The van der Waals surface area contributed by atoms with E-state index in [1.165, 1.54) is 13.2 Å². The van der Waals surface area contributed by atoms with Crippen molar-refractivity contribution in [3.05, 3.63) is 27.6 Å². The molecule has 2 rings (SSSR count). The number of nitrogens with zero attached hydrogens (tertiary/aromatic N) is 2. The highest BCUT2D eigenvalue weighted by molar-refractivity contribution is 6.30. The van der Waals surface area contributed by atoms with Crippen LogP contribution in [-0.4, -0.2) is 44.8 Å². The first kappa shape index (κ1) is 15.1. The molecule has 1 aliphatic rings. The molecule has 1 heterocycles. The van der Waals surface area contributed by atoms with Crippen LogP contribution in [0.5, 0.6) is 0 Å². The molecule has 1 aliphatic heterocycles. The SMILES string of the molecule is C=c1c(N2CCOCC2)cc(Cl)c/c1=C/N(C)C(F)F. The van der Waals surface area contributed by atoms with Gasteiger partial charge in [0.2, 0.25) is 0 Å². The van der Waals surface area contributed by atoms with Crippen molar-refractivity contribution in [1.29, 1.82) is 0 Å². The van der Waals surface area contributed by atoms with Crippen molar-refractivity contribution in [2.24, 2.45) is 0 Å². The number of hydrogen-bond acceptors (Lipinski definition) is 3. The van der Waals surface area contributed by atoms with E-state index in [2.05, 4.69) is 11.5 Å². The van der Waals surface area contributed by atoms with Gasteiger partial charge < -0.3 is 14.5 Å². The molecule has 1 aromatic rings. The van der Waals surface area contributed by atoms with E-state index in [4.69, 9.17) is 16.3 Å². The summed E-state index contributed by atoms with van der Waals surface area (Å²) in [5.41, 5.74) is 0.870. The highest BCUT2D eigenvalue weighted by Gasteiger charge is 2.13. The van der Waals surface area contributed by atoms with E-state index in [0.29, 0.717) is 28.7 Å². The molecule has 6 heteroatoms. The van der Waals surface area contributed by atoms with Crippen molar-refractivity contribution in [2.75, 3.05) is 38.3 Å². The summed E-state index contributed by atoms with van der Waals surface area (Å²) in [5, 5.41) is 1.80. The fourth-order valence-electron chi connectivity index (χ4n) is 2.12. The predicted octanol–water partition coefficient (Wildman–Crippen LogP) is 1.48. The molecule has 0 spiro atoms. The summed E-state index contributed by atoms with van der Waals surface area (Å²) >= 11 is 6.09. The molecule has 1 fully saturated rings. The zero-order valence-electron chi connectivity index (χ0n) is 11.3. The number of ether oxygens (including phenoxy) is 1. The molecule has 20 heavy (non-hydrogen) atoms. The molecular formula is C14H17ClF2N2O. The van der Waals surface area contributed by atoms with Gasteiger partial charge in [-0.3, -0.25) is 0 Å².